The number of H-pyrrole nitrogens is 1. The van der Waals surface area contributed by atoms with Crippen molar-refractivity contribution < 1.29 is 9.53 Å². The molecule has 0 radical (unpaired) electrons. The molecular weight excluding hydrogens is 326 g/mol. The maximum absolute atomic E-state index is 13.5. The van der Waals surface area contributed by atoms with Gasteiger partial charge in [0, 0.05) is 36.6 Å². The predicted octanol–water partition coefficient (Wildman–Crippen LogP) is 2.45. The molecule has 1 aromatic carbocycles. The second-order valence-corrected chi connectivity index (χ2v) is 8.22. The first kappa shape index (κ1) is 16.3. The molecule has 0 spiro atoms. The first-order chi connectivity index (χ1) is 12.7. The van der Waals surface area contributed by atoms with Crippen LogP contribution in [0.5, 0.6) is 0 Å². The van der Waals surface area contributed by atoms with E-state index in [0.717, 1.165) is 56.8 Å². The summed E-state index contributed by atoms with van der Waals surface area (Å²) in [5.74, 6) is 0.564. The van der Waals surface area contributed by atoms with Gasteiger partial charge in [-0.1, -0.05) is 12.1 Å². The molecule has 3 aliphatic rings. The topological polar surface area (TPSA) is 48.6 Å². The standard InChI is InChI=1S/C21H27N3O2/c1-23-9-14-10-24(11-15(23)13-26-12-14)21(25)18-7-4-6-17-16-5-2-3-8-19(16)22-20(17)18/h4,6-7,14-15,22H,2-3,5,8-13H2,1H3/t14-,15+/m1/s1. The van der Waals surface area contributed by atoms with Crippen molar-refractivity contribution in [3.8, 4) is 0 Å². The first-order valence-electron chi connectivity index (χ1n) is 9.90. The minimum absolute atomic E-state index is 0.168. The predicted molar refractivity (Wildman–Crippen MR) is 102 cm³/mol. The molecule has 2 bridgehead atoms. The van der Waals surface area contributed by atoms with Crippen LogP contribution in [0.3, 0.4) is 0 Å². The van der Waals surface area contributed by atoms with E-state index in [-0.39, 0.29) is 5.91 Å². The van der Waals surface area contributed by atoms with Crippen molar-refractivity contribution in [3.63, 3.8) is 0 Å². The molecule has 3 heterocycles. The quantitative estimate of drug-likeness (QED) is 0.857. The molecule has 1 aliphatic carbocycles. The molecule has 2 saturated heterocycles. The maximum atomic E-state index is 13.5. The van der Waals surface area contributed by atoms with Crippen LogP contribution in [0, 0.1) is 5.92 Å². The fourth-order valence-corrected chi connectivity index (χ4v) is 4.99. The summed E-state index contributed by atoms with van der Waals surface area (Å²) >= 11 is 0. The Labute approximate surface area is 154 Å². The molecule has 26 heavy (non-hydrogen) atoms. The Morgan fingerprint density at radius 1 is 1.15 bits per heavy atom. The largest absolute Gasteiger partial charge is 0.379 e. The number of para-hydroxylation sites is 1. The fraction of sp³-hybridized carbons (Fsp3) is 0.571. The van der Waals surface area contributed by atoms with Crippen molar-refractivity contribution in [1.82, 2.24) is 14.8 Å². The second kappa shape index (κ2) is 6.39. The van der Waals surface area contributed by atoms with Gasteiger partial charge in [-0.2, -0.15) is 0 Å². The van der Waals surface area contributed by atoms with Crippen LogP contribution in [-0.4, -0.2) is 66.6 Å². The highest BCUT2D eigenvalue weighted by molar-refractivity contribution is 6.06. The summed E-state index contributed by atoms with van der Waals surface area (Å²) in [6.07, 6.45) is 4.72. The monoisotopic (exact) mass is 353 g/mol. The van der Waals surface area contributed by atoms with Gasteiger partial charge in [-0.05, 0) is 44.4 Å². The molecule has 5 nitrogen and oxygen atoms in total. The lowest BCUT2D eigenvalue weighted by Crippen LogP contribution is -2.44. The van der Waals surface area contributed by atoms with Gasteiger partial charge in [-0.15, -0.1) is 0 Å². The van der Waals surface area contributed by atoms with Gasteiger partial charge in [-0.3, -0.25) is 9.69 Å². The molecule has 1 N–H and O–H groups in total. The Morgan fingerprint density at radius 3 is 2.96 bits per heavy atom. The van der Waals surface area contributed by atoms with E-state index in [9.17, 15) is 4.79 Å². The molecule has 5 heteroatoms. The average Bonchev–Trinajstić information content (AvgIpc) is 2.83. The summed E-state index contributed by atoms with van der Waals surface area (Å²) in [7, 11) is 2.15. The molecule has 138 valence electrons. The van der Waals surface area contributed by atoms with E-state index in [2.05, 4.69) is 27.9 Å². The van der Waals surface area contributed by atoms with E-state index in [1.807, 2.05) is 12.1 Å². The lowest BCUT2D eigenvalue weighted by Gasteiger charge is -2.30. The van der Waals surface area contributed by atoms with Crippen LogP contribution >= 0.6 is 0 Å². The van der Waals surface area contributed by atoms with Crippen molar-refractivity contribution in [2.45, 2.75) is 31.7 Å². The maximum Gasteiger partial charge on any atom is 0.256 e. The van der Waals surface area contributed by atoms with Gasteiger partial charge < -0.3 is 14.6 Å². The molecule has 5 rings (SSSR count). The number of hydrogen-bond donors (Lipinski definition) is 1. The number of benzene rings is 1. The number of aromatic amines is 1. The van der Waals surface area contributed by atoms with Gasteiger partial charge in [0.1, 0.15) is 0 Å². The number of amides is 1. The number of likely N-dealkylation sites (N-methyl/N-ethyl adjacent to an activating group) is 1. The molecule has 2 aliphatic heterocycles. The lowest BCUT2D eigenvalue weighted by atomic mass is 9.95. The van der Waals surface area contributed by atoms with Crippen LogP contribution in [0.2, 0.25) is 0 Å². The minimum atomic E-state index is 0.168. The average molecular weight is 353 g/mol. The van der Waals surface area contributed by atoms with Crippen LogP contribution in [0.4, 0.5) is 0 Å². The first-order valence-corrected chi connectivity index (χ1v) is 9.90. The summed E-state index contributed by atoms with van der Waals surface area (Å²) in [4.78, 5) is 21.5. The summed E-state index contributed by atoms with van der Waals surface area (Å²) < 4.78 is 5.81. The van der Waals surface area contributed by atoms with Crippen molar-refractivity contribution in [2.24, 2.45) is 5.92 Å². The SMILES string of the molecule is CN1C[C@H]2COC[C@@H]1CN(C(=O)c1cccc3c4c([nH]c13)CCCC4)C2. The van der Waals surface area contributed by atoms with E-state index in [1.165, 1.54) is 29.5 Å². The number of aromatic nitrogens is 1. The summed E-state index contributed by atoms with van der Waals surface area (Å²) in [6.45, 7) is 4.03. The van der Waals surface area contributed by atoms with Gasteiger partial charge in [0.05, 0.1) is 30.3 Å². The molecule has 1 aromatic heterocycles. The van der Waals surface area contributed by atoms with Crippen LogP contribution in [0.1, 0.15) is 34.5 Å². The molecule has 2 atom stereocenters. The van der Waals surface area contributed by atoms with E-state index in [0.29, 0.717) is 12.0 Å². The van der Waals surface area contributed by atoms with E-state index in [4.69, 9.17) is 4.74 Å². The smallest absolute Gasteiger partial charge is 0.256 e. The van der Waals surface area contributed by atoms with Gasteiger partial charge >= 0.3 is 0 Å². The molecular formula is C21H27N3O2. The molecule has 1 amide bonds. The lowest BCUT2D eigenvalue weighted by molar-refractivity contribution is 0.0435. The van der Waals surface area contributed by atoms with Crippen LogP contribution in [0.25, 0.3) is 10.9 Å². The summed E-state index contributed by atoms with van der Waals surface area (Å²) in [5.41, 5.74) is 4.65. The zero-order valence-electron chi connectivity index (χ0n) is 15.5. The van der Waals surface area contributed by atoms with Crippen LogP contribution in [0.15, 0.2) is 18.2 Å². The third-order valence-corrected chi connectivity index (χ3v) is 6.39. The third-order valence-electron chi connectivity index (χ3n) is 6.39. The van der Waals surface area contributed by atoms with Crippen molar-refractivity contribution in [2.75, 3.05) is 39.9 Å². The number of nitrogens with one attached hydrogen (secondary N) is 1. The summed E-state index contributed by atoms with van der Waals surface area (Å²) in [6, 6.07) is 6.51. The van der Waals surface area contributed by atoms with Crippen LogP contribution in [-0.2, 0) is 17.6 Å². The number of hydrogen-bond acceptors (Lipinski definition) is 3. The molecule has 2 aromatic rings. The summed E-state index contributed by atoms with van der Waals surface area (Å²) in [5, 5.41) is 1.25. The Hall–Kier alpha value is -1.85. The highest BCUT2D eigenvalue weighted by atomic mass is 16.5. The van der Waals surface area contributed by atoms with Crippen molar-refractivity contribution in [3.05, 3.63) is 35.0 Å². The number of carbonyl (C=O) groups excluding carboxylic acids is 1. The Kier molecular flexibility index (Phi) is 4.02. The number of carbonyl (C=O) groups is 1. The van der Waals surface area contributed by atoms with E-state index in [1.54, 1.807) is 0 Å². The zero-order chi connectivity index (χ0) is 17.7. The second-order valence-electron chi connectivity index (χ2n) is 8.22. The van der Waals surface area contributed by atoms with Gasteiger partial charge in [0.25, 0.3) is 5.91 Å². The molecule has 0 saturated carbocycles. The normalized spacial score (nSPS) is 26.6. The van der Waals surface area contributed by atoms with Crippen molar-refractivity contribution in [1.29, 1.82) is 0 Å². The Morgan fingerprint density at radius 2 is 2.04 bits per heavy atom. The fourth-order valence-electron chi connectivity index (χ4n) is 4.99. The van der Waals surface area contributed by atoms with Crippen LogP contribution < -0.4 is 0 Å². The van der Waals surface area contributed by atoms with E-state index < -0.39 is 0 Å². The number of nitrogens with zero attached hydrogens (tertiary/aromatic N) is 2. The highest BCUT2D eigenvalue weighted by Gasteiger charge is 2.34. The highest BCUT2D eigenvalue weighted by Crippen LogP contribution is 2.31. The van der Waals surface area contributed by atoms with Gasteiger partial charge in [-0.25, -0.2) is 0 Å². The van der Waals surface area contributed by atoms with Crippen molar-refractivity contribution >= 4 is 16.8 Å². The Balaban J connectivity index is 1.51. The number of aryl methyl sites for hydroxylation is 2. The number of rotatable bonds is 1. The zero-order valence-corrected chi connectivity index (χ0v) is 15.5. The van der Waals surface area contributed by atoms with E-state index >= 15 is 0 Å². The number of ether oxygens (including phenoxy) is 1. The third kappa shape index (κ3) is 2.65. The molecule has 2 fully saturated rings. The molecule has 0 unspecified atom stereocenters. The van der Waals surface area contributed by atoms with Gasteiger partial charge in [0.2, 0.25) is 0 Å². The minimum Gasteiger partial charge on any atom is -0.379 e. The Bertz CT molecular complexity index is 843. The number of fused-ring (bicyclic) bond motifs is 6. The van der Waals surface area contributed by atoms with Gasteiger partial charge in [0.15, 0.2) is 0 Å².